The number of fused-ring (bicyclic) bond motifs is 1. The Morgan fingerprint density at radius 2 is 1.86 bits per heavy atom. The Bertz CT molecular complexity index is 809. The lowest BCUT2D eigenvalue weighted by Gasteiger charge is -2.32. The van der Waals surface area contributed by atoms with Gasteiger partial charge in [0.05, 0.1) is 6.54 Å². The number of likely N-dealkylation sites (tertiary alicyclic amines) is 1. The third-order valence-corrected chi connectivity index (χ3v) is 6.14. The number of halogens is 1. The fourth-order valence-corrected chi connectivity index (χ4v) is 4.28. The van der Waals surface area contributed by atoms with Crippen LogP contribution in [0.4, 0.5) is 0 Å². The highest BCUT2D eigenvalue weighted by Crippen LogP contribution is 2.28. The molecule has 4 rings (SSSR count). The van der Waals surface area contributed by atoms with Gasteiger partial charge in [-0.05, 0) is 36.3 Å². The van der Waals surface area contributed by atoms with E-state index in [1.54, 1.807) is 0 Å². The van der Waals surface area contributed by atoms with Crippen LogP contribution < -0.4 is 5.32 Å². The van der Waals surface area contributed by atoms with Crippen LogP contribution in [0.2, 0.25) is 0 Å². The molecule has 0 saturated carbocycles. The molecular formula is C22H32ClN5O. The number of carbonyl (C=O) groups excluding carboxylic acids is 1. The molecule has 3 heterocycles. The first-order chi connectivity index (χ1) is 13.6. The number of rotatable bonds is 5. The molecule has 0 atom stereocenters. The van der Waals surface area contributed by atoms with Crippen LogP contribution in [0.3, 0.4) is 0 Å². The molecule has 7 heteroatoms. The van der Waals surface area contributed by atoms with Gasteiger partial charge in [0.15, 0.2) is 0 Å². The van der Waals surface area contributed by atoms with Gasteiger partial charge in [-0.15, -0.1) is 22.6 Å². The van der Waals surface area contributed by atoms with Crippen LogP contribution in [-0.4, -0.2) is 45.2 Å². The maximum Gasteiger partial charge on any atom is 0.222 e. The van der Waals surface area contributed by atoms with Gasteiger partial charge in [0, 0.05) is 38.5 Å². The lowest BCUT2D eigenvalue weighted by molar-refractivity contribution is -0.132. The third kappa shape index (κ3) is 4.98. The van der Waals surface area contributed by atoms with Crippen molar-refractivity contribution >= 4 is 18.3 Å². The second kappa shape index (κ2) is 9.72. The highest BCUT2D eigenvalue weighted by molar-refractivity contribution is 5.85. The van der Waals surface area contributed by atoms with Crippen molar-refractivity contribution < 1.29 is 4.79 Å². The second-order valence-corrected chi connectivity index (χ2v) is 8.35. The Morgan fingerprint density at radius 3 is 2.55 bits per heavy atom. The molecular weight excluding hydrogens is 386 g/mol. The van der Waals surface area contributed by atoms with Crippen molar-refractivity contribution in [2.24, 2.45) is 0 Å². The van der Waals surface area contributed by atoms with E-state index in [1.165, 1.54) is 11.1 Å². The van der Waals surface area contributed by atoms with Crippen LogP contribution in [0, 0.1) is 0 Å². The molecule has 1 aromatic carbocycles. The maximum absolute atomic E-state index is 12.7. The van der Waals surface area contributed by atoms with Gasteiger partial charge < -0.3 is 14.8 Å². The van der Waals surface area contributed by atoms with E-state index in [-0.39, 0.29) is 18.3 Å². The summed E-state index contributed by atoms with van der Waals surface area (Å²) >= 11 is 0. The molecule has 0 aliphatic carbocycles. The number of hydrogen-bond donors (Lipinski definition) is 1. The average molecular weight is 418 g/mol. The van der Waals surface area contributed by atoms with Gasteiger partial charge in [0.2, 0.25) is 5.91 Å². The summed E-state index contributed by atoms with van der Waals surface area (Å²) in [5.74, 6) is 3.41. The molecule has 0 radical (unpaired) electrons. The van der Waals surface area contributed by atoms with E-state index in [0.717, 1.165) is 63.6 Å². The first-order valence-corrected chi connectivity index (χ1v) is 10.6. The molecule has 0 spiro atoms. The van der Waals surface area contributed by atoms with Crippen LogP contribution in [0.5, 0.6) is 0 Å². The van der Waals surface area contributed by atoms with Crippen molar-refractivity contribution in [2.75, 3.05) is 19.6 Å². The van der Waals surface area contributed by atoms with Gasteiger partial charge in [-0.1, -0.05) is 38.1 Å². The molecule has 1 saturated heterocycles. The standard InChI is InChI=1S/C22H31N5O.ClH/c1-16(2)18-6-3-17(4-7-18)5-8-21(28)26-12-9-19(10-13-26)22-25-24-20-15-23-11-14-27(20)22;/h3-4,6-7,16,19,23H,5,8-15H2,1-2H3;1H. The molecule has 1 aromatic heterocycles. The van der Waals surface area contributed by atoms with Crippen molar-refractivity contribution in [3.8, 4) is 0 Å². The molecule has 0 unspecified atom stereocenters. The maximum atomic E-state index is 12.7. The first-order valence-electron chi connectivity index (χ1n) is 10.6. The molecule has 158 valence electrons. The highest BCUT2D eigenvalue weighted by atomic mass is 35.5. The van der Waals surface area contributed by atoms with Gasteiger partial charge in [0.25, 0.3) is 0 Å². The summed E-state index contributed by atoms with van der Waals surface area (Å²) in [7, 11) is 0. The molecule has 1 amide bonds. The van der Waals surface area contributed by atoms with Crippen LogP contribution >= 0.6 is 12.4 Å². The minimum absolute atomic E-state index is 0. The van der Waals surface area contributed by atoms with Gasteiger partial charge in [-0.3, -0.25) is 4.79 Å². The number of benzene rings is 1. The van der Waals surface area contributed by atoms with Crippen molar-refractivity contribution in [1.82, 2.24) is 25.0 Å². The number of amides is 1. The van der Waals surface area contributed by atoms with E-state index in [4.69, 9.17) is 0 Å². The largest absolute Gasteiger partial charge is 0.343 e. The molecule has 2 aliphatic rings. The van der Waals surface area contributed by atoms with Crippen molar-refractivity contribution in [3.63, 3.8) is 0 Å². The minimum Gasteiger partial charge on any atom is -0.343 e. The topological polar surface area (TPSA) is 63.1 Å². The molecule has 2 aromatic rings. The summed E-state index contributed by atoms with van der Waals surface area (Å²) < 4.78 is 2.28. The Labute approximate surface area is 179 Å². The van der Waals surface area contributed by atoms with E-state index in [9.17, 15) is 4.79 Å². The van der Waals surface area contributed by atoms with Gasteiger partial charge in [-0.25, -0.2) is 0 Å². The zero-order valence-electron chi connectivity index (χ0n) is 17.4. The number of nitrogens with zero attached hydrogens (tertiary/aromatic N) is 4. The van der Waals surface area contributed by atoms with Crippen molar-refractivity contribution in [2.45, 2.75) is 64.5 Å². The molecule has 1 N–H and O–H groups in total. The molecule has 29 heavy (non-hydrogen) atoms. The second-order valence-electron chi connectivity index (χ2n) is 8.35. The summed E-state index contributed by atoms with van der Waals surface area (Å²) in [6.07, 6.45) is 3.39. The minimum atomic E-state index is 0. The third-order valence-electron chi connectivity index (χ3n) is 6.14. The van der Waals surface area contributed by atoms with Crippen LogP contribution in [0.15, 0.2) is 24.3 Å². The van der Waals surface area contributed by atoms with Crippen LogP contribution in [-0.2, 0) is 24.3 Å². The Kier molecular flexibility index (Phi) is 7.30. The van der Waals surface area contributed by atoms with E-state index < -0.39 is 0 Å². The SMILES string of the molecule is CC(C)c1ccc(CCC(=O)N2CCC(c3nnc4n3CCNC4)CC2)cc1.Cl. The van der Waals surface area contributed by atoms with E-state index >= 15 is 0 Å². The summed E-state index contributed by atoms with van der Waals surface area (Å²) in [5, 5.41) is 12.1. The zero-order valence-corrected chi connectivity index (χ0v) is 18.2. The predicted octanol–water partition coefficient (Wildman–Crippen LogP) is 3.27. The predicted molar refractivity (Wildman–Crippen MR) is 116 cm³/mol. The Balaban J connectivity index is 0.00000240. The summed E-state index contributed by atoms with van der Waals surface area (Å²) in [6.45, 7) is 8.80. The molecule has 0 bridgehead atoms. The number of carbonyl (C=O) groups is 1. The van der Waals surface area contributed by atoms with Crippen LogP contribution in [0.25, 0.3) is 0 Å². The number of aromatic nitrogens is 3. The summed E-state index contributed by atoms with van der Waals surface area (Å²) in [4.78, 5) is 14.7. The lowest BCUT2D eigenvalue weighted by atomic mass is 9.95. The highest BCUT2D eigenvalue weighted by Gasteiger charge is 2.28. The normalized spacial score (nSPS) is 17.1. The van der Waals surface area contributed by atoms with Gasteiger partial charge >= 0.3 is 0 Å². The fraction of sp³-hybridized carbons (Fsp3) is 0.591. The van der Waals surface area contributed by atoms with E-state index in [1.807, 2.05) is 4.90 Å². The van der Waals surface area contributed by atoms with Crippen molar-refractivity contribution in [3.05, 3.63) is 47.0 Å². The van der Waals surface area contributed by atoms with Crippen molar-refractivity contribution in [1.29, 1.82) is 0 Å². The number of nitrogens with one attached hydrogen (secondary N) is 1. The summed E-state index contributed by atoms with van der Waals surface area (Å²) in [5.41, 5.74) is 2.60. The average Bonchev–Trinajstić information content (AvgIpc) is 3.16. The molecule has 2 aliphatic heterocycles. The van der Waals surface area contributed by atoms with Gasteiger partial charge in [-0.2, -0.15) is 0 Å². The van der Waals surface area contributed by atoms with E-state index in [0.29, 0.717) is 18.3 Å². The number of aryl methyl sites for hydroxylation is 1. The van der Waals surface area contributed by atoms with E-state index in [2.05, 4.69) is 58.2 Å². The molecule has 1 fully saturated rings. The number of hydrogen-bond acceptors (Lipinski definition) is 4. The lowest BCUT2D eigenvalue weighted by Crippen LogP contribution is -2.39. The summed E-state index contributed by atoms with van der Waals surface area (Å²) in [6, 6.07) is 8.70. The monoisotopic (exact) mass is 417 g/mol. The number of piperidine rings is 1. The quantitative estimate of drug-likeness (QED) is 0.810. The smallest absolute Gasteiger partial charge is 0.222 e. The molecule has 6 nitrogen and oxygen atoms in total. The van der Waals surface area contributed by atoms with Gasteiger partial charge in [0.1, 0.15) is 11.6 Å². The van der Waals surface area contributed by atoms with Crippen LogP contribution in [0.1, 0.15) is 67.7 Å². The first kappa shape index (κ1) is 21.8. The Hall–Kier alpha value is -1.92. The zero-order chi connectivity index (χ0) is 19.5. The Morgan fingerprint density at radius 1 is 1.14 bits per heavy atom. The fourth-order valence-electron chi connectivity index (χ4n) is 4.28.